The second kappa shape index (κ2) is 9.75. The monoisotopic (exact) mass is 385 g/mol. The molecule has 1 N–H and O–H groups in total. The molecule has 0 unspecified atom stereocenters. The standard InChI is InChI=1S/C15H19N3O3S3/c1-20-11-5-4-10(8-12(11)21-2)6-7-16-13(19)9-23-15-18-17-14(22-3)24-15/h4-5,8H,6-7,9H2,1-3H3,(H,16,19). The molecule has 0 bridgehead atoms. The van der Waals surface area contributed by atoms with Crippen molar-refractivity contribution in [3.8, 4) is 11.5 Å². The number of carbonyl (C=O) groups excluding carboxylic acids is 1. The number of carbonyl (C=O) groups is 1. The number of nitrogens with zero attached hydrogens (tertiary/aromatic N) is 2. The van der Waals surface area contributed by atoms with Gasteiger partial charge in [0.25, 0.3) is 0 Å². The maximum Gasteiger partial charge on any atom is 0.230 e. The van der Waals surface area contributed by atoms with Gasteiger partial charge in [-0.1, -0.05) is 40.9 Å². The first-order valence-electron chi connectivity index (χ1n) is 7.14. The highest BCUT2D eigenvalue weighted by atomic mass is 32.2. The number of rotatable bonds is 9. The van der Waals surface area contributed by atoms with E-state index in [9.17, 15) is 4.79 Å². The highest BCUT2D eigenvalue weighted by molar-refractivity contribution is 8.03. The predicted octanol–water partition coefficient (Wildman–Crippen LogP) is 2.73. The first-order chi connectivity index (χ1) is 11.7. The fourth-order valence-corrected chi connectivity index (χ4v) is 4.17. The maximum absolute atomic E-state index is 11.9. The highest BCUT2D eigenvalue weighted by Gasteiger charge is 2.08. The predicted molar refractivity (Wildman–Crippen MR) is 98.7 cm³/mol. The van der Waals surface area contributed by atoms with E-state index in [4.69, 9.17) is 9.47 Å². The molecule has 0 radical (unpaired) electrons. The van der Waals surface area contributed by atoms with Crippen molar-refractivity contribution in [2.24, 2.45) is 0 Å². The Bertz CT molecular complexity index is 679. The van der Waals surface area contributed by atoms with Crippen molar-refractivity contribution >= 4 is 40.8 Å². The second-order valence-electron chi connectivity index (χ2n) is 4.62. The van der Waals surface area contributed by atoms with Gasteiger partial charge in [0.1, 0.15) is 0 Å². The minimum atomic E-state index is -0.0126. The van der Waals surface area contributed by atoms with Gasteiger partial charge in [-0.3, -0.25) is 4.79 Å². The van der Waals surface area contributed by atoms with Crippen LogP contribution >= 0.6 is 34.9 Å². The number of hydrogen-bond donors (Lipinski definition) is 1. The summed E-state index contributed by atoms with van der Waals surface area (Å²) in [5, 5.41) is 10.9. The molecule has 130 valence electrons. The number of ether oxygens (including phenoxy) is 2. The molecule has 0 aliphatic rings. The third kappa shape index (κ3) is 5.57. The van der Waals surface area contributed by atoms with Crippen molar-refractivity contribution < 1.29 is 14.3 Å². The molecular weight excluding hydrogens is 366 g/mol. The molecular formula is C15H19N3O3S3. The first-order valence-corrected chi connectivity index (χ1v) is 10.2. The van der Waals surface area contributed by atoms with Gasteiger partial charge in [-0.25, -0.2) is 0 Å². The number of amides is 1. The zero-order chi connectivity index (χ0) is 17.4. The molecule has 2 rings (SSSR count). The van der Waals surface area contributed by atoms with Crippen LogP contribution in [0, 0.1) is 0 Å². The molecule has 2 aromatic rings. The lowest BCUT2D eigenvalue weighted by Gasteiger charge is -2.10. The third-order valence-electron chi connectivity index (χ3n) is 3.07. The van der Waals surface area contributed by atoms with Crippen LogP contribution in [0.2, 0.25) is 0 Å². The van der Waals surface area contributed by atoms with E-state index >= 15 is 0 Å². The van der Waals surface area contributed by atoms with Gasteiger partial charge in [-0.15, -0.1) is 10.2 Å². The van der Waals surface area contributed by atoms with Crippen LogP contribution in [0.5, 0.6) is 11.5 Å². The van der Waals surface area contributed by atoms with Crippen LogP contribution in [0.25, 0.3) is 0 Å². The van der Waals surface area contributed by atoms with Crippen LogP contribution in [0.4, 0.5) is 0 Å². The summed E-state index contributed by atoms with van der Waals surface area (Å²) in [6.07, 6.45) is 2.68. The van der Waals surface area contributed by atoms with Gasteiger partial charge in [-0.05, 0) is 30.4 Å². The largest absolute Gasteiger partial charge is 0.493 e. The van der Waals surface area contributed by atoms with E-state index in [0.717, 1.165) is 20.7 Å². The van der Waals surface area contributed by atoms with E-state index in [1.165, 1.54) is 23.1 Å². The van der Waals surface area contributed by atoms with Crippen LogP contribution in [0.3, 0.4) is 0 Å². The van der Waals surface area contributed by atoms with Crippen molar-refractivity contribution in [3.63, 3.8) is 0 Å². The van der Waals surface area contributed by atoms with Gasteiger partial charge in [0.2, 0.25) is 5.91 Å². The van der Waals surface area contributed by atoms with Crippen molar-refractivity contribution in [2.45, 2.75) is 15.1 Å². The lowest BCUT2D eigenvalue weighted by Crippen LogP contribution is -2.27. The van der Waals surface area contributed by atoms with Crippen LogP contribution < -0.4 is 14.8 Å². The van der Waals surface area contributed by atoms with E-state index in [0.29, 0.717) is 23.8 Å². The lowest BCUT2D eigenvalue weighted by atomic mass is 10.1. The summed E-state index contributed by atoms with van der Waals surface area (Å²) in [5.41, 5.74) is 1.08. The SMILES string of the molecule is COc1ccc(CCNC(=O)CSc2nnc(SC)s2)cc1OC. The zero-order valence-electron chi connectivity index (χ0n) is 13.7. The van der Waals surface area contributed by atoms with Crippen molar-refractivity contribution in [1.82, 2.24) is 15.5 Å². The molecule has 1 heterocycles. The van der Waals surface area contributed by atoms with Crippen LogP contribution in [-0.4, -0.2) is 48.9 Å². The Hall–Kier alpha value is -1.45. The molecule has 1 amide bonds. The molecule has 24 heavy (non-hydrogen) atoms. The van der Waals surface area contributed by atoms with Gasteiger partial charge in [0.05, 0.1) is 20.0 Å². The van der Waals surface area contributed by atoms with Gasteiger partial charge in [-0.2, -0.15) is 0 Å². The van der Waals surface area contributed by atoms with Gasteiger partial charge >= 0.3 is 0 Å². The fourth-order valence-electron chi connectivity index (χ4n) is 1.90. The number of aromatic nitrogens is 2. The Morgan fingerprint density at radius 3 is 2.62 bits per heavy atom. The summed E-state index contributed by atoms with van der Waals surface area (Å²) in [6, 6.07) is 5.75. The number of methoxy groups -OCH3 is 2. The Kier molecular flexibility index (Phi) is 7.67. The minimum Gasteiger partial charge on any atom is -0.493 e. The molecule has 9 heteroatoms. The average Bonchev–Trinajstić information content (AvgIpc) is 3.08. The van der Waals surface area contributed by atoms with E-state index in [1.54, 1.807) is 26.0 Å². The summed E-state index contributed by atoms with van der Waals surface area (Å²) >= 11 is 4.46. The third-order valence-corrected chi connectivity index (χ3v) is 6.11. The molecule has 0 atom stereocenters. The molecule has 0 saturated carbocycles. The number of thioether (sulfide) groups is 2. The Morgan fingerprint density at radius 1 is 1.21 bits per heavy atom. The summed E-state index contributed by atoms with van der Waals surface area (Å²) in [6.45, 7) is 0.570. The Morgan fingerprint density at radius 2 is 1.96 bits per heavy atom. The molecule has 0 aliphatic heterocycles. The Balaban J connectivity index is 1.74. The van der Waals surface area contributed by atoms with E-state index in [2.05, 4.69) is 15.5 Å². The first kappa shape index (κ1) is 18.9. The Labute approximate surface area is 153 Å². The summed E-state index contributed by atoms with van der Waals surface area (Å²) in [7, 11) is 3.21. The second-order valence-corrected chi connectivity index (χ2v) is 7.87. The number of hydrogen-bond acceptors (Lipinski definition) is 8. The van der Waals surface area contributed by atoms with Gasteiger partial charge in [0.15, 0.2) is 20.2 Å². The zero-order valence-corrected chi connectivity index (χ0v) is 16.1. The molecule has 1 aromatic carbocycles. The summed E-state index contributed by atoms with van der Waals surface area (Å²) < 4.78 is 12.2. The number of benzene rings is 1. The molecule has 0 spiro atoms. The van der Waals surface area contributed by atoms with Gasteiger partial charge < -0.3 is 14.8 Å². The average molecular weight is 386 g/mol. The van der Waals surface area contributed by atoms with Gasteiger partial charge in [0, 0.05) is 6.54 Å². The summed E-state index contributed by atoms with van der Waals surface area (Å²) in [4.78, 5) is 11.9. The van der Waals surface area contributed by atoms with Crippen molar-refractivity contribution in [2.75, 3.05) is 32.8 Å². The topological polar surface area (TPSA) is 73.3 Å². The number of nitrogens with one attached hydrogen (secondary N) is 1. The normalized spacial score (nSPS) is 10.5. The molecule has 6 nitrogen and oxygen atoms in total. The smallest absolute Gasteiger partial charge is 0.230 e. The van der Waals surface area contributed by atoms with Crippen LogP contribution in [-0.2, 0) is 11.2 Å². The highest BCUT2D eigenvalue weighted by Crippen LogP contribution is 2.28. The van der Waals surface area contributed by atoms with E-state index in [1.807, 2.05) is 24.5 Å². The summed E-state index contributed by atoms with van der Waals surface area (Å²) in [5.74, 6) is 1.72. The molecule has 0 saturated heterocycles. The fraction of sp³-hybridized carbons (Fsp3) is 0.400. The van der Waals surface area contributed by atoms with Crippen molar-refractivity contribution in [1.29, 1.82) is 0 Å². The van der Waals surface area contributed by atoms with Crippen molar-refractivity contribution in [3.05, 3.63) is 23.8 Å². The molecule has 0 aliphatic carbocycles. The molecule has 1 aromatic heterocycles. The lowest BCUT2D eigenvalue weighted by molar-refractivity contribution is -0.118. The van der Waals surface area contributed by atoms with Crippen LogP contribution in [0.1, 0.15) is 5.56 Å². The quantitative estimate of drug-likeness (QED) is 0.665. The maximum atomic E-state index is 11.9. The van der Waals surface area contributed by atoms with Crippen LogP contribution in [0.15, 0.2) is 26.9 Å². The minimum absolute atomic E-state index is 0.0126. The van der Waals surface area contributed by atoms with E-state index < -0.39 is 0 Å². The molecule has 0 fully saturated rings. The van der Waals surface area contributed by atoms with E-state index in [-0.39, 0.29) is 5.91 Å².